The first-order valence-corrected chi connectivity index (χ1v) is 13.0. The van der Waals surface area contributed by atoms with Gasteiger partial charge in [-0.1, -0.05) is 0 Å². The molecule has 0 saturated carbocycles. The molecule has 2 fully saturated rings. The molecule has 3 heterocycles. The van der Waals surface area contributed by atoms with Crippen molar-refractivity contribution in [1.29, 1.82) is 0 Å². The summed E-state index contributed by atoms with van der Waals surface area (Å²) >= 11 is 0. The van der Waals surface area contributed by atoms with Crippen LogP contribution in [0.2, 0.25) is 0 Å². The van der Waals surface area contributed by atoms with Gasteiger partial charge in [0.05, 0.1) is 12.6 Å². The highest BCUT2D eigenvalue weighted by atomic mass is 19.1. The third-order valence-electron chi connectivity index (χ3n) is 8.40. The molecule has 2 saturated heterocycles. The van der Waals surface area contributed by atoms with Gasteiger partial charge in [0.15, 0.2) is 5.69 Å². The lowest BCUT2D eigenvalue weighted by Gasteiger charge is -2.35. The smallest absolute Gasteiger partial charge is 0.274 e. The Morgan fingerprint density at radius 2 is 1.89 bits per heavy atom. The molecule has 1 aromatic heterocycles. The minimum Gasteiger partial charge on any atom is -0.390 e. The number of aliphatic hydroxyl groups is 1. The maximum atomic E-state index is 14.0. The van der Waals surface area contributed by atoms with Crippen molar-refractivity contribution in [3.63, 3.8) is 0 Å². The van der Waals surface area contributed by atoms with Crippen molar-refractivity contribution in [2.24, 2.45) is 5.92 Å². The second-order valence-corrected chi connectivity index (χ2v) is 10.5. The summed E-state index contributed by atoms with van der Waals surface area (Å²) in [4.78, 5) is 17.0. The van der Waals surface area contributed by atoms with Gasteiger partial charge >= 0.3 is 0 Å². The second-order valence-electron chi connectivity index (χ2n) is 10.5. The van der Waals surface area contributed by atoms with Crippen LogP contribution in [0.25, 0.3) is 0 Å². The molecule has 1 aromatic carbocycles. The van der Waals surface area contributed by atoms with E-state index in [0.717, 1.165) is 86.2 Å². The molecule has 2 aliphatic heterocycles. The number of fused-ring (bicyclic) bond motifs is 1. The highest BCUT2D eigenvalue weighted by molar-refractivity contribution is 5.94. The lowest BCUT2D eigenvalue weighted by atomic mass is 9.92. The number of nitrogens with zero attached hydrogens (tertiary/aromatic N) is 4. The Kier molecular flexibility index (Phi) is 6.84. The predicted octanol–water partition coefficient (Wildman–Crippen LogP) is 3.98. The van der Waals surface area contributed by atoms with E-state index in [2.05, 4.69) is 4.90 Å². The highest BCUT2D eigenvalue weighted by Crippen LogP contribution is 2.32. The molecule has 2 atom stereocenters. The SMILES string of the molecule is Cc1c(F)ccc(N2CCC(CCn3nc(C(=O)N4CC[C@@H](O)[C@@H](F)C4)c4c3CCC4)CC2)c1C. The summed E-state index contributed by atoms with van der Waals surface area (Å²) in [5.74, 6) is 0.243. The molecule has 1 aliphatic carbocycles. The van der Waals surface area contributed by atoms with Crippen LogP contribution in [0.5, 0.6) is 0 Å². The minimum atomic E-state index is -1.39. The first-order chi connectivity index (χ1) is 16.8. The maximum absolute atomic E-state index is 14.0. The molecule has 0 bridgehead atoms. The minimum absolute atomic E-state index is 0.0622. The Morgan fingerprint density at radius 3 is 2.63 bits per heavy atom. The van der Waals surface area contributed by atoms with Crippen molar-refractivity contribution in [1.82, 2.24) is 14.7 Å². The molecule has 2 aromatic rings. The molecule has 5 rings (SSSR count). The van der Waals surface area contributed by atoms with Crippen LogP contribution in [0.15, 0.2) is 12.1 Å². The van der Waals surface area contributed by atoms with E-state index in [1.807, 2.05) is 24.6 Å². The number of benzene rings is 1. The Bertz CT molecular complexity index is 1090. The van der Waals surface area contributed by atoms with Crippen LogP contribution in [0.1, 0.15) is 65.0 Å². The van der Waals surface area contributed by atoms with Crippen molar-refractivity contribution in [2.75, 3.05) is 31.1 Å². The molecule has 0 radical (unpaired) electrons. The first kappa shape index (κ1) is 24.2. The number of aryl methyl sites for hydroxylation is 1. The Hall–Kier alpha value is -2.48. The van der Waals surface area contributed by atoms with Crippen LogP contribution < -0.4 is 4.90 Å². The highest BCUT2D eigenvalue weighted by Gasteiger charge is 2.34. The lowest BCUT2D eigenvalue weighted by Crippen LogP contribution is -2.47. The standard InChI is InChI=1S/C27H36F2N4O2/c1-17-18(2)23(7-6-21(17)28)31-12-8-19(9-13-31)10-15-33-24-5-3-4-20(24)26(30-33)27(35)32-14-11-25(34)22(29)16-32/h6-7,19,22,25,34H,3-5,8-16H2,1-2H3/t22-,25+/m0/s1. The molecule has 3 aliphatic rings. The molecule has 35 heavy (non-hydrogen) atoms. The number of carbonyl (C=O) groups excluding carboxylic acids is 1. The van der Waals surface area contributed by atoms with E-state index in [4.69, 9.17) is 5.10 Å². The zero-order valence-electron chi connectivity index (χ0n) is 20.8. The zero-order valence-corrected chi connectivity index (χ0v) is 20.8. The van der Waals surface area contributed by atoms with Gasteiger partial charge in [0, 0.05) is 43.1 Å². The van der Waals surface area contributed by atoms with Crippen molar-refractivity contribution in [3.8, 4) is 0 Å². The van der Waals surface area contributed by atoms with Crippen LogP contribution in [-0.4, -0.2) is 64.1 Å². The number of anilines is 1. The number of halogens is 2. The van der Waals surface area contributed by atoms with Crippen molar-refractivity contribution in [2.45, 2.75) is 77.6 Å². The third-order valence-corrected chi connectivity index (χ3v) is 8.40. The van der Waals surface area contributed by atoms with Crippen LogP contribution >= 0.6 is 0 Å². The zero-order chi connectivity index (χ0) is 24.7. The fourth-order valence-electron chi connectivity index (χ4n) is 5.98. The van der Waals surface area contributed by atoms with Crippen LogP contribution in [-0.2, 0) is 19.4 Å². The Labute approximate surface area is 205 Å². The van der Waals surface area contributed by atoms with Crippen molar-refractivity contribution < 1.29 is 18.7 Å². The number of amides is 1. The number of aliphatic hydroxyl groups excluding tert-OH is 1. The monoisotopic (exact) mass is 486 g/mol. The number of likely N-dealkylation sites (tertiary alicyclic amines) is 1. The van der Waals surface area contributed by atoms with Crippen LogP contribution in [0.4, 0.5) is 14.5 Å². The Balaban J connectivity index is 1.21. The van der Waals surface area contributed by atoms with E-state index >= 15 is 0 Å². The molecule has 1 N–H and O–H groups in total. The molecular formula is C27H36F2N4O2. The molecule has 0 spiro atoms. The van der Waals surface area contributed by atoms with E-state index in [1.165, 1.54) is 4.90 Å². The average Bonchev–Trinajstić information content (AvgIpc) is 3.46. The summed E-state index contributed by atoms with van der Waals surface area (Å²) in [6.07, 6.45) is 3.87. The fourth-order valence-corrected chi connectivity index (χ4v) is 5.98. The van der Waals surface area contributed by atoms with Gasteiger partial charge in [0.2, 0.25) is 0 Å². The molecule has 8 heteroatoms. The number of piperidine rings is 2. The summed E-state index contributed by atoms with van der Waals surface area (Å²) in [5, 5.41) is 14.4. The number of hydrogen-bond acceptors (Lipinski definition) is 4. The van der Waals surface area contributed by atoms with Gasteiger partial charge in [0.25, 0.3) is 5.91 Å². The van der Waals surface area contributed by atoms with Gasteiger partial charge in [-0.15, -0.1) is 0 Å². The number of hydrogen-bond donors (Lipinski definition) is 1. The van der Waals surface area contributed by atoms with Gasteiger partial charge in [-0.05, 0) is 88.0 Å². The molecule has 0 unspecified atom stereocenters. The molecule has 6 nitrogen and oxygen atoms in total. The number of carbonyl (C=O) groups is 1. The first-order valence-electron chi connectivity index (χ1n) is 13.0. The maximum Gasteiger partial charge on any atom is 0.274 e. The van der Waals surface area contributed by atoms with E-state index in [0.29, 0.717) is 18.2 Å². The Morgan fingerprint density at radius 1 is 1.11 bits per heavy atom. The van der Waals surface area contributed by atoms with E-state index in [1.54, 1.807) is 6.07 Å². The second kappa shape index (κ2) is 9.88. The summed E-state index contributed by atoms with van der Waals surface area (Å²) in [7, 11) is 0. The number of aromatic nitrogens is 2. The normalized spacial score (nSPS) is 23.1. The predicted molar refractivity (Wildman–Crippen MR) is 131 cm³/mol. The van der Waals surface area contributed by atoms with Gasteiger partial charge in [-0.3, -0.25) is 9.48 Å². The van der Waals surface area contributed by atoms with E-state index in [-0.39, 0.29) is 24.7 Å². The fraction of sp³-hybridized carbons (Fsp3) is 0.630. The molecular weight excluding hydrogens is 450 g/mol. The average molecular weight is 487 g/mol. The van der Waals surface area contributed by atoms with Gasteiger partial charge in [-0.25, -0.2) is 8.78 Å². The summed E-state index contributed by atoms with van der Waals surface area (Å²) < 4.78 is 29.9. The van der Waals surface area contributed by atoms with E-state index < -0.39 is 12.3 Å². The van der Waals surface area contributed by atoms with Crippen molar-refractivity contribution in [3.05, 3.63) is 46.0 Å². The molecule has 1 amide bonds. The quantitative estimate of drug-likeness (QED) is 0.695. The summed E-state index contributed by atoms with van der Waals surface area (Å²) in [6, 6.07) is 3.47. The van der Waals surface area contributed by atoms with Gasteiger partial charge in [-0.2, -0.15) is 5.10 Å². The largest absolute Gasteiger partial charge is 0.390 e. The van der Waals surface area contributed by atoms with Crippen molar-refractivity contribution >= 4 is 11.6 Å². The lowest BCUT2D eigenvalue weighted by molar-refractivity contribution is 0.00795. The third kappa shape index (κ3) is 4.69. The van der Waals surface area contributed by atoms with Gasteiger partial charge < -0.3 is 14.9 Å². The topological polar surface area (TPSA) is 61.6 Å². The summed E-state index contributed by atoms with van der Waals surface area (Å²) in [6.45, 7) is 6.86. The molecule has 190 valence electrons. The van der Waals surface area contributed by atoms with Crippen LogP contribution in [0, 0.1) is 25.6 Å². The number of rotatable bonds is 5. The number of alkyl halides is 1. The van der Waals surface area contributed by atoms with Crippen LogP contribution in [0.3, 0.4) is 0 Å². The summed E-state index contributed by atoms with van der Waals surface area (Å²) in [5.41, 5.74) is 5.57. The van der Waals surface area contributed by atoms with Gasteiger partial charge in [0.1, 0.15) is 12.0 Å². The van der Waals surface area contributed by atoms with E-state index in [9.17, 15) is 18.7 Å².